The first-order valence-electron chi connectivity index (χ1n) is 1.50. The van der Waals surface area contributed by atoms with Gasteiger partial charge in [-0.15, -0.1) is 0 Å². The molecule has 0 N–H and O–H groups in total. The van der Waals surface area contributed by atoms with Gasteiger partial charge in [-0.2, -0.15) is 0 Å². The van der Waals surface area contributed by atoms with Gasteiger partial charge in [-0.1, -0.05) is 0 Å². The van der Waals surface area contributed by atoms with E-state index in [2.05, 4.69) is 13.8 Å². The van der Waals surface area contributed by atoms with Crippen molar-refractivity contribution < 1.29 is 16.5 Å². The van der Waals surface area contributed by atoms with Crippen molar-refractivity contribution >= 4 is 0 Å². The van der Waals surface area contributed by atoms with Crippen molar-refractivity contribution in [2.24, 2.45) is 0 Å². The first-order chi connectivity index (χ1) is 1.91. The molecule has 0 aliphatic heterocycles. The van der Waals surface area contributed by atoms with Crippen LogP contribution in [0.4, 0.5) is 0 Å². The van der Waals surface area contributed by atoms with Crippen LogP contribution in [0.15, 0.2) is 0 Å². The summed E-state index contributed by atoms with van der Waals surface area (Å²) in [5.74, 6) is 0. The van der Waals surface area contributed by atoms with Gasteiger partial charge in [0.05, 0.1) is 0 Å². The number of unbranched alkanes of at least 4 members (excludes halogenated alkanes) is 1. The first-order valence-corrected chi connectivity index (χ1v) is 1.50. The van der Waals surface area contributed by atoms with Gasteiger partial charge in [0.1, 0.15) is 0 Å². The summed E-state index contributed by atoms with van der Waals surface area (Å²) in [6, 6.07) is 0. The molecule has 0 aromatic rings. The molecule has 0 amide bonds. The van der Waals surface area contributed by atoms with Gasteiger partial charge in [-0.3, -0.25) is 0 Å². The minimum absolute atomic E-state index is 0. The molecule has 0 unspecified atom stereocenters. The molecule has 0 aliphatic carbocycles. The Balaban J connectivity index is 0. The van der Waals surface area contributed by atoms with E-state index in [-0.39, 0.29) is 16.5 Å². The predicted octanol–water partition coefficient (Wildman–Crippen LogP) is 1.43. The van der Waals surface area contributed by atoms with Crippen LogP contribution in [0.3, 0.4) is 0 Å². The van der Waals surface area contributed by atoms with E-state index in [1.54, 1.807) is 0 Å². The van der Waals surface area contributed by atoms with Crippen LogP contribution in [0, 0.1) is 13.8 Å². The molecule has 0 aromatic carbocycles. The Morgan fingerprint density at radius 1 is 1.00 bits per heavy atom. The number of hydrogen-bond donors (Lipinski definition) is 0. The Hall–Kier alpha value is 0.494. The largest absolute Gasteiger partial charge is 2.00 e. The SMILES string of the molecule is [CH2-]CC[CH2-].[Ni+2]. The Morgan fingerprint density at radius 2 is 1.20 bits per heavy atom. The van der Waals surface area contributed by atoms with Gasteiger partial charge in [0, 0.05) is 0 Å². The molecule has 0 spiro atoms. The molecule has 0 nitrogen and oxygen atoms in total. The predicted molar refractivity (Wildman–Crippen MR) is 19.9 cm³/mol. The third-order valence-electron chi connectivity index (χ3n) is 0.250. The zero-order valence-electron chi connectivity index (χ0n) is 3.14. The van der Waals surface area contributed by atoms with Crippen LogP contribution in [0.2, 0.25) is 0 Å². The second-order valence-electron chi connectivity index (χ2n) is 0.707. The van der Waals surface area contributed by atoms with E-state index < -0.39 is 0 Å². The van der Waals surface area contributed by atoms with Crippen molar-refractivity contribution in [3.63, 3.8) is 0 Å². The standard InChI is InChI=1S/C4H8.Ni/c1-3-4-2;/h1-4H2;/q-2;+2. The van der Waals surface area contributed by atoms with Crippen LogP contribution < -0.4 is 0 Å². The van der Waals surface area contributed by atoms with E-state index in [1.807, 2.05) is 0 Å². The monoisotopic (exact) mass is 114 g/mol. The first kappa shape index (κ1) is 9.09. The molecule has 0 aromatic heterocycles. The molecule has 34 valence electrons. The summed E-state index contributed by atoms with van der Waals surface area (Å²) in [6.07, 6.45) is 1.92. The topological polar surface area (TPSA) is 0 Å². The third kappa shape index (κ3) is 12.5. The fraction of sp³-hybridized carbons (Fsp3) is 0.500. The Bertz CT molecular complexity index is 5.61. The third-order valence-corrected chi connectivity index (χ3v) is 0.250. The summed E-state index contributed by atoms with van der Waals surface area (Å²) in [5.41, 5.74) is 0. The average Bonchev–Trinajstić information content (AvgIpc) is 1.37. The van der Waals surface area contributed by atoms with E-state index in [0.717, 1.165) is 12.8 Å². The molecular weight excluding hydrogens is 107 g/mol. The van der Waals surface area contributed by atoms with Crippen LogP contribution >= 0.6 is 0 Å². The summed E-state index contributed by atoms with van der Waals surface area (Å²) in [6.45, 7) is 7.08. The smallest absolute Gasteiger partial charge is 0.346 e. The van der Waals surface area contributed by atoms with Gasteiger partial charge in [0.15, 0.2) is 0 Å². The minimum Gasteiger partial charge on any atom is -0.346 e. The molecule has 0 saturated heterocycles. The second kappa shape index (κ2) is 8.82. The molecule has 0 bridgehead atoms. The maximum atomic E-state index is 3.54. The zero-order valence-corrected chi connectivity index (χ0v) is 4.13. The van der Waals surface area contributed by atoms with Crippen molar-refractivity contribution in [2.75, 3.05) is 0 Å². The molecule has 0 radical (unpaired) electrons. The van der Waals surface area contributed by atoms with Gasteiger partial charge in [-0.25, -0.2) is 12.8 Å². The van der Waals surface area contributed by atoms with Crippen LogP contribution in [0.1, 0.15) is 12.8 Å². The minimum atomic E-state index is 0. The van der Waals surface area contributed by atoms with Crippen LogP contribution in [-0.4, -0.2) is 0 Å². The van der Waals surface area contributed by atoms with Gasteiger partial charge in [0.25, 0.3) is 0 Å². The van der Waals surface area contributed by atoms with Crippen molar-refractivity contribution in [1.29, 1.82) is 0 Å². The van der Waals surface area contributed by atoms with E-state index in [4.69, 9.17) is 0 Å². The van der Waals surface area contributed by atoms with E-state index in [9.17, 15) is 0 Å². The number of hydrogen-bond acceptors (Lipinski definition) is 0. The molecule has 0 saturated carbocycles. The number of rotatable bonds is 1. The normalized spacial score (nSPS) is 6.00. The fourth-order valence-electron chi connectivity index (χ4n) is 0. The summed E-state index contributed by atoms with van der Waals surface area (Å²) in [5, 5.41) is 0. The van der Waals surface area contributed by atoms with Gasteiger partial charge in [-0.05, 0) is 0 Å². The molecule has 1 heteroatoms. The van der Waals surface area contributed by atoms with E-state index in [1.165, 1.54) is 0 Å². The van der Waals surface area contributed by atoms with Crippen molar-refractivity contribution in [2.45, 2.75) is 12.8 Å². The quantitative estimate of drug-likeness (QED) is 0.358. The Kier molecular flexibility index (Phi) is 16.0. The van der Waals surface area contributed by atoms with E-state index >= 15 is 0 Å². The zero-order chi connectivity index (χ0) is 3.41. The van der Waals surface area contributed by atoms with Crippen LogP contribution in [-0.2, 0) is 16.5 Å². The average molecular weight is 115 g/mol. The summed E-state index contributed by atoms with van der Waals surface area (Å²) >= 11 is 0. The van der Waals surface area contributed by atoms with Crippen molar-refractivity contribution in [3.05, 3.63) is 13.8 Å². The molecule has 0 fully saturated rings. The molecule has 0 atom stereocenters. The Morgan fingerprint density at radius 3 is 1.20 bits per heavy atom. The van der Waals surface area contributed by atoms with Gasteiger partial charge in [0.2, 0.25) is 0 Å². The molecule has 0 aliphatic rings. The van der Waals surface area contributed by atoms with Crippen molar-refractivity contribution in [1.82, 2.24) is 0 Å². The van der Waals surface area contributed by atoms with E-state index in [0.29, 0.717) is 0 Å². The molecule has 5 heavy (non-hydrogen) atoms. The van der Waals surface area contributed by atoms with Crippen LogP contribution in [0.25, 0.3) is 0 Å². The van der Waals surface area contributed by atoms with Gasteiger partial charge >= 0.3 is 16.5 Å². The molecule has 0 rings (SSSR count). The molecule has 0 heterocycles. The maximum Gasteiger partial charge on any atom is 2.00 e. The Labute approximate surface area is 43.9 Å². The van der Waals surface area contributed by atoms with Gasteiger partial charge < -0.3 is 13.8 Å². The summed E-state index contributed by atoms with van der Waals surface area (Å²) in [4.78, 5) is 0. The van der Waals surface area contributed by atoms with Crippen molar-refractivity contribution in [3.8, 4) is 0 Å². The summed E-state index contributed by atoms with van der Waals surface area (Å²) in [7, 11) is 0. The maximum absolute atomic E-state index is 3.54. The fourth-order valence-corrected chi connectivity index (χ4v) is 0. The molecular formula is C4H8Ni. The van der Waals surface area contributed by atoms with Crippen LogP contribution in [0.5, 0.6) is 0 Å². The summed E-state index contributed by atoms with van der Waals surface area (Å²) < 4.78 is 0. The second-order valence-corrected chi connectivity index (χ2v) is 0.707.